The van der Waals surface area contributed by atoms with Gasteiger partial charge in [-0.05, 0) is 127 Å². The van der Waals surface area contributed by atoms with Gasteiger partial charge in [-0.3, -0.25) is 0 Å². The van der Waals surface area contributed by atoms with Gasteiger partial charge < -0.3 is 5.11 Å². The normalized spacial score (nSPS) is 60.9. The fraction of sp³-hybridized carbons (Fsp3) is 1.00. The van der Waals surface area contributed by atoms with Gasteiger partial charge in [0.05, 0.1) is 6.10 Å². The number of hydrogen-bond donors (Lipinski definition) is 1. The van der Waals surface area contributed by atoms with Crippen molar-refractivity contribution in [1.29, 1.82) is 0 Å². The molecule has 0 saturated heterocycles. The van der Waals surface area contributed by atoms with Crippen LogP contribution in [0.5, 0.6) is 0 Å². The van der Waals surface area contributed by atoms with Crippen LogP contribution in [0, 0.1) is 56.2 Å². The minimum atomic E-state index is -0.0792. The van der Waals surface area contributed by atoms with Crippen molar-refractivity contribution in [2.45, 2.75) is 132 Å². The zero-order valence-electron chi connectivity index (χ0n) is 22.1. The first-order valence-corrected chi connectivity index (χ1v) is 13.9. The van der Waals surface area contributed by atoms with Crippen LogP contribution in [0.25, 0.3) is 0 Å². The van der Waals surface area contributed by atoms with Gasteiger partial charge in [-0.1, -0.05) is 55.4 Å². The number of aliphatic hydroxyl groups is 1. The van der Waals surface area contributed by atoms with E-state index in [4.69, 9.17) is 0 Å². The molecule has 5 saturated carbocycles. The number of fused-ring (bicyclic) bond motifs is 7. The topological polar surface area (TPSA) is 20.2 Å². The monoisotopic (exact) mass is 428 g/mol. The summed E-state index contributed by atoms with van der Waals surface area (Å²) in [6, 6.07) is 0. The molecule has 5 aliphatic carbocycles. The maximum absolute atomic E-state index is 11.4. The molecule has 0 radical (unpaired) electrons. The summed E-state index contributed by atoms with van der Waals surface area (Å²) in [4.78, 5) is 0. The third kappa shape index (κ3) is 2.77. The lowest BCUT2D eigenvalue weighted by Gasteiger charge is -2.75. The van der Waals surface area contributed by atoms with Crippen LogP contribution in [0.3, 0.4) is 0 Å². The molecule has 0 aromatic rings. The highest BCUT2D eigenvalue weighted by atomic mass is 16.3. The third-order valence-corrected chi connectivity index (χ3v) is 13.8. The molecule has 5 fully saturated rings. The van der Waals surface area contributed by atoms with Crippen LogP contribution in [0.2, 0.25) is 0 Å². The van der Waals surface area contributed by atoms with E-state index in [0.717, 1.165) is 24.2 Å². The Labute approximate surface area is 193 Å². The summed E-state index contributed by atoms with van der Waals surface area (Å²) in [6.07, 6.45) is 14.8. The summed E-state index contributed by atoms with van der Waals surface area (Å²) in [5.41, 5.74) is 2.60. The van der Waals surface area contributed by atoms with Gasteiger partial charge in [-0.25, -0.2) is 0 Å². The van der Waals surface area contributed by atoms with Gasteiger partial charge in [-0.2, -0.15) is 0 Å². The summed E-state index contributed by atoms with van der Waals surface area (Å²) in [7, 11) is 0. The molecule has 31 heavy (non-hydrogen) atoms. The second-order valence-corrected chi connectivity index (χ2v) is 15.5. The van der Waals surface area contributed by atoms with Crippen molar-refractivity contribution < 1.29 is 5.11 Å². The smallest absolute Gasteiger partial charge is 0.0579 e. The first-order chi connectivity index (χ1) is 14.2. The number of aliphatic hydroxyl groups excluding tert-OH is 1. The van der Waals surface area contributed by atoms with Crippen LogP contribution in [-0.2, 0) is 0 Å². The largest absolute Gasteiger partial charge is 0.393 e. The molecular formula is C30H52O. The molecule has 0 aliphatic heterocycles. The molecule has 1 nitrogen and oxygen atoms in total. The molecule has 0 spiro atoms. The first-order valence-electron chi connectivity index (χ1n) is 13.9. The van der Waals surface area contributed by atoms with Crippen molar-refractivity contribution in [2.75, 3.05) is 0 Å². The van der Waals surface area contributed by atoms with E-state index in [1.165, 1.54) is 64.2 Å². The maximum atomic E-state index is 11.4. The molecule has 10 atom stereocenters. The molecule has 5 aliphatic rings. The molecule has 0 bridgehead atoms. The first kappa shape index (κ1) is 22.7. The van der Waals surface area contributed by atoms with Crippen LogP contribution in [0.4, 0.5) is 0 Å². The van der Waals surface area contributed by atoms with Crippen LogP contribution in [0.15, 0.2) is 0 Å². The van der Waals surface area contributed by atoms with E-state index in [9.17, 15) is 5.11 Å². The molecular weight excluding hydrogens is 376 g/mol. The molecule has 5 rings (SSSR count). The van der Waals surface area contributed by atoms with Gasteiger partial charge in [0, 0.05) is 0 Å². The molecule has 1 unspecified atom stereocenters. The average Bonchev–Trinajstić information content (AvgIpc) is 2.68. The lowest BCUT2D eigenvalue weighted by molar-refractivity contribution is -0.271. The second-order valence-electron chi connectivity index (χ2n) is 15.5. The maximum Gasteiger partial charge on any atom is 0.0579 e. The average molecular weight is 429 g/mol. The molecule has 0 aromatic carbocycles. The molecule has 1 heteroatoms. The Hall–Kier alpha value is -0.0400. The van der Waals surface area contributed by atoms with E-state index in [1.807, 2.05) is 0 Å². The molecule has 1 N–H and O–H groups in total. The van der Waals surface area contributed by atoms with Crippen molar-refractivity contribution in [2.24, 2.45) is 56.2 Å². The highest BCUT2D eigenvalue weighted by Crippen LogP contribution is 2.78. The van der Waals surface area contributed by atoms with Crippen molar-refractivity contribution in [1.82, 2.24) is 0 Å². The Bertz CT molecular complexity index is 741. The Morgan fingerprint density at radius 2 is 1.23 bits per heavy atom. The van der Waals surface area contributed by atoms with E-state index < -0.39 is 0 Å². The molecule has 178 valence electrons. The van der Waals surface area contributed by atoms with E-state index in [-0.39, 0.29) is 6.10 Å². The molecule has 0 aromatic heterocycles. The standard InChI is InChI=1S/C30H52O/c1-20-9-10-21(31)24-27(20,5)12-11-22-28(24,6)16-18-30(8)23-19-25(2,3)13-14-26(23,4)15-17-29(22,30)7/h20-24,31H,9-19H2,1-8H3/t20-,21?,22-,23+,24+,26+,27+,28+,29+,30-/m0/s1. The Balaban J connectivity index is 1.56. The number of rotatable bonds is 0. The van der Waals surface area contributed by atoms with E-state index >= 15 is 0 Å². The van der Waals surface area contributed by atoms with Crippen LogP contribution in [0.1, 0.15) is 126 Å². The summed E-state index contributed by atoms with van der Waals surface area (Å²) in [5.74, 6) is 2.91. The summed E-state index contributed by atoms with van der Waals surface area (Å²) in [5, 5.41) is 11.4. The SMILES string of the molecule is C[C@H]1CCC(O)[C@@H]2[C@]1(C)CC[C@H]1[C@@]2(C)CC[C@@]2(C)[C@@H]3CC(C)(C)CC[C@]3(C)CC[C@]12C. The van der Waals surface area contributed by atoms with Gasteiger partial charge in [0.2, 0.25) is 0 Å². The summed E-state index contributed by atoms with van der Waals surface area (Å²) >= 11 is 0. The van der Waals surface area contributed by atoms with E-state index in [0.29, 0.717) is 38.4 Å². The van der Waals surface area contributed by atoms with Crippen LogP contribution < -0.4 is 0 Å². The highest BCUT2D eigenvalue weighted by Gasteiger charge is 2.71. The zero-order chi connectivity index (χ0) is 22.7. The van der Waals surface area contributed by atoms with Gasteiger partial charge >= 0.3 is 0 Å². The summed E-state index contributed by atoms with van der Waals surface area (Å²) in [6.45, 7) is 20.9. The van der Waals surface area contributed by atoms with Gasteiger partial charge in [0.15, 0.2) is 0 Å². The molecule has 0 amide bonds. The Morgan fingerprint density at radius 1 is 0.613 bits per heavy atom. The van der Waals surface area contributed by atoms with Gasteiger partial charge in [0.1, 0.15) is 0 Å². The highest BCUT2D eigenvalue weighted by molar-refractivity contribution is 5.20. The van der Waals surface area contributed by atoms with Crippen molar-refractivity contribution in [3.63, 3.8) is 0 Å². The quantitative estimate of drug-likeness (QED) is 0.412. The molecule has 0 heterocycles. The fourth-order valence-corrected chi connectivity index (χ4v) is 11.4. The lowest BCUT2D eigenvalue weighted by atomic mass is 9.30. The Morgan fingerprint density at radius 3 is 1.94 bits per heavy atom. The number of hydrogen-bond acceptors (Lipinski definition) is 1. The minimum Gasteiger partial charge on any atom is -0.393 e. The van der Waals surface area contributed by atoms with Gasteiger partial charge in [-0.15, -0.1) is 0 Å². The Kier molecular flexibility index (Phi) is 4.80. The zero-order valence-corrected chi connectivity index (χ0v) is 22.1. The lowest BCUT2D eigenvalue weighted by Crippen LogP contribution is -2.68. The van der Waals surface area contributed by atoms with E-state index in [1.54, 1.807) is 0 Å². The van der Waals surface area contributed by atoms with E-state index in [2.05, 4.69) is 55.4 Å². The predicted molar refractivity (Wildman–Crippen MR) is 131 cm³/mol. The minimum absolute atomic E-state index is 0.0792. The second kappa shape index (κ2) is 6.55. The van der Waals surface area contributed by atoms with Crippen LogP contribution >= 0.6 is 0 Å². The van der Waals surface area contributed by atoms with Crippen LogP contribution in [-0.4, -0.2) is 11.2 Å². The fourth-order valence-electron chi connectivity index (χ4n) is 11.4. The summed E-state index contributed by atoms with van der Waals surface area (Å²) < 4.78 is 0. The van der Waals surface area contributed by atoms with Gasteiger partial charge in [0.25, 0.3) is 0 Å². The predicted octanol–water partition coefficient (Wildman–Crippen LogP) is 8.25. The van der Waals surface area contributed by atoms with Crippen molar-refractivity contribution >= 4 is 0 Å². The van der Waals surface area contributed by atoms with Crippen molar-refractivity contribution in [3.8, 4) is 0 Å². The third-order valence-electron chi connectivity index (χ3n) is 13.8. The van der Waals surface area contributed by atoms with Crippen molar-refractivity contribution in [3.05, 3.63) is 0 Å².